The lowest BCUT2D eigenvalue weighted by Gasteiger charge is -2.35. The molecule has 1 aliphatic heterocycles. The third-order valence-corrected chi connectivity index (χ3v) is 5.30. The molecule has 3 aromatic heterocycles. The predicted molar refractivity (Wildman–Crippen MR) is 110 cm³/mol. The highest BCUT2D eigenvalue weighted by molar-refractivity contribution is 5.83. The first-order valence-electron chi connectivity index (χ1n) is 9.98. The fourth-order valence-corrected chi connectivity index (χ4v) is 3.84. The number of pyridine rings is 2. The van der Waals surface area contributed by atoms with Crippen molar-refractivity contribution in [1.82, 2.24) is 29.7 Å². The van der Waals surface area contributed by atoms with E-state index in [1.165, 1.54) is 0 Å². The third-order valence-electron chi connectivity index (χ3n) is 5.30. The van der Waals surface area contributed by atoms with Crippen LogP contribution >= 0.6 is 0 Å². The van der Waals surface area contributed by atoms with Gasteiger partial charge in [-0.15, -0.1) is 0 Å². The lowest BCUT2D eigenvalue weighted by atomic mass is 10.00. The molecule has 4 heterocycles. The fourth-order valence-electron chi connectivity index (χ4n) is 3.84. The van der Waals surface area contributed by atoms with Gasteiger partial charge >= 0.3 is 0 Å². The smallest absolute Gasteiger partial charge is 0.243 e. The first kappa shape index (κ1) is 19.3. The summed E-state index contributed by atoms with van der Waals surface area (Å²) in [5.41, 5.74) is 4.15. The van der Waals surface area contributed by atoms with E-state index >= 15 is 0 Å². The number of carbonyl (C=O) groups is 1. The molecular formula is C22H26N6O. The molecule has 7 heteroatoms. The summed E-state index contributed by atoms with van der Waals surface area (Å²) in [6.45, 7) is 6.17. The van der Waals surface area contributed by atoms with Crippen LogP contribution in [0.3, 0.4) is 0 Å². The van der Waals surface area contributed by atoms with E-state index in [1.807, 2.05) is 36.8 Å². The van der Waals surface area contributed by atoms with E-state index in [2.05, 4.69) is 43.6 Å². The maximum Gasteiger partial charge on any atom is 0.243 e. The molecule has 29 heavy (non-hydrogen) atoms. The highest BCUT2D eigenvalue weighted by Crippen LogP contribution is 2.32. The van der Waals surface area contributed by atoms with Crippen LogP contribution in [0, 0.1) is 0 Å². The molecule has 0 saturated carbocycles. The van der Waals surface area contributed by atoms with Gasteiger partial charge in [-0.3, -0.25) is 19.7 Å². The van der Waals surface area contributed by atoms with E-state index in [0.717, 1.165) is 35.5 Å². The normalized spacial score (nSPS) is 16.6. The van der Waals surface area contributed by atoms with Crippen LogP contribution in [0.4, 0.5) is 0 Å². The van der Waals surface area contributed by atoms with Crippen molar-refractivity contribution < 1.29 is 4.79 Å². The number of fused-ring (bicyclic) bond motifs is 1. The van der Waals surface area contributed by atoms with E-state index in [0.29, 0.717) is 13.1 Å². The summed E-state index contributed by atoms with van der Waals surface area (Å²) in [4.78, 5) is 28.5. The van der Waals surface area contributed by atoms with Gasteiger partial charge in [0.25, 0.3) is 0 Å². The number of carbonyl (C=O) groups excluding carboxylic acids is 1. The molecule has 0 fully saturated rings. The molecule has 150 valence electrons. The zero-order valence-corrected chi connectivity index (χ0v) is 16.8. The Bertz CT molecular complexity index is 954. The van der Waals surface area contributed by atoms with Crippen LogP contribution in [-0.4, -0.2) is 36.9 Å². The van der Waals surface area contributed by atoms with Crippen LogP contribution in [-0.2, 0) is 24.3 Å². The summed E-state index contributed by atoms with van der Waals surface area (Å²) < 4.78 is 2.13. The fraction of sp³-hybridized carbons (Fsp3) is 0.364. The quantitative estimate of drug-likeness (QED) is 0.700. The molecule has 3 aromatic rings. The molecule has 0 radical (unpaired) electrons. The van der Waals surface area contributed by atoms with Crippen LogP contribution in [0.2, 0.25) is 0 Å². The first-order valence-corrected chi connectivity index (χ1v) is 9.98. The van der Waals surface area contributed by atoms with Gasteiger partial charge < -0.3 is 9.88 Å². The van der Waals surface area contributed by atoms with Gasteiger partial charge in [0.15, 0.2) is 0 Å². The van der Waals surface area contributed by atoms with Gasteiger partial charge in [0.05, 0.1) is 17.7 Å². The minimum absolute atomic E-state index is 0.00551. The molecule has 1 atom stereocenters. The van der Waals surface area contributed by atoms with Crippen molar-refractivity contribution in [3.63, 3.8) is 0 Å². The lowest BCUT2D eigenvalue weighted by molar-refractivity contribution is -0.127. The Morgan fingerprint density at radius 1 is 1.17 bits per heavy atom. The molecule has 1 amide bonds. The second-order valence-corrected chi connectivity index (χ2v) is 7.64. The molecular weight excluding hydrogens is 364 g/mol. The summed E-state index contributed by atoms with van der Waals surface area (Å²) in [6, 6.07) is 7.66. The number of nitrogens with zero attached hydrogens (tertiary/aromatic N) is 5. The summed E-state index contributed by atoms with van der Waals surface area (Å²) in [5.74, 6) is -0.00551. The molecule has 1 aliphatic rings. The Morgan fingerprint density at radius 2 is 2.00 bits per heavy atom. The second kappa shape index (κ2) is 8.53. The minimum atomic E-state index is -0.384. The maximum absolute atomic E-state index is 13.4. The number of hydrogen-bond donors (Lipinski definition) is 1. The van der Waals surface area contributed by atoms with Crippen molar-refractivity contribution in [1.29, 1.82) is 0 Å². The average Bonchev–Trinajstić information content (AvgIpc) is 3.18. The summed E-state index contributed by atoms with van der Waals surface area (Å²) >= 11 is 0. The van der Waals surface area contributed by atoms with Crippen molar-refractivity contribution in [2.24, 2.45) is 0 Å². The summed E-state index contributed by atoms with van der Waals surface area (Å²) in [5, 5.41) is 3.12. The number of hydrogen-bond acceptors (Lipinski definition) is 5. The van der Waals surface area contributed by atoms with E-state index in [9.17, 15) is 4.79 Å². The van der Waals surface area contributed by atoms with Gasteiger partial charge in [-0.05, 0) is 43.2 Å². The van der Waals surface area contributed by atoms with Crippen molar-refractivity contribution >= 4 is 5.91 Å². The minimum Gasteiger partial charge on any atom is -0.350 e. The first-order chi connectivity index (χ1) is 14.1. The largest absolute Gasteiger partial charge is 0.350 e. The number of amides is 1. The standard InChI is InChI=1S/C22H26N6O/c1-16(2)28-15-26-19-7-11-27(14-18-4-3-8-24-12-18)21(20(19)28)22(29)25-13-17-5-9-23-10-6-17/h3-6,8-10,12,15-16,21H,7,11,13-14H2,1-2H3,(H,25,29). The Hall–Kier alpha value is -3.06. The van der Waals surface area contributed by atoms with E-state index in [1.54, 1.807) is 18.6 Å². The average molecular weight is 390 g/mol. The molecule has 0 aliphatic carbocycles. The zero-order chi connectivity index (χ0) is 20.2. The van der Waals surface area contributed by atoms with Gasteiger partial charge in [-0.1, -0.05) is 6.07 Å². The predicted octanol–water partition coefficient (Wildman–Crippen LogP) is 2.67. The van der Waals surface area contributed by atoms with Gasteiger partial charge in [-0.2, -0.15) is 0 Å². The van der Waals surface area contributed by atoms with Gasteiger partial charge in [0.2, 0.25) is 5.91 Å². The van der Waals surface area contributed by atoms with Crippen LogP contribution in [0.5, 0.6) is 0 Å². The lowest BCUT2D eigenvalue weighted by Crippen LogP contribution is -2.45. The maximum atomic E-state index is 13.4. The molecule has 0 spiro atoms. The van der Waals surface area contributed by atoms with E-state index in [4.69, 9.17) is 0 Å². The Kier molecular flexibility index (Phi) is 5.67. The monoisotopic (exact) mass is 390 g/mol. The second-order valence-electron chi connectivity index (χ2n) is 7.64. The number of aromatic nitrogens is 4. The van der Waals surface area contributed by atoms with Gasteiger partial charge in [-0.25, -0.2) is 4.98 Å². The Balaban J connectivity index is 1.62. The molecule has 0 bridgehead atoms. The van der Waals surface area contributed by atoms with Crippen LogP contribution in [0.1, 0.15) is 48.4 Å². The topological polar surface area (TPSA) is 75.9 Å². The van der Waals surface area contributed by atoms with Gasteiger partial charge in [0, 0.05) is 56.9 Å². The molecule has 1 unspecified atom stereocenters. The molecule has 1 N–H and O–H groups in total. The van der Waals surface area contributed by atoms with Crippen LogP contribution < -0.4 is 5.32 Å². The third kappa shape index (κ3) is 4.19. The Morgan fingerprint density at radius 3 is 2.72 bits per heavy atom. The highest BCUT2D eigenvalue weighted by Gasteiger charge is 2.36. The summed E-state index contributed by atoms with van der Waals surface area (Å²) in [6.07, 6.45) is 9.81. The highest BCUT2D eigenvalue weighted by atomic mass is 16.2. The SMILES string of the molecule is CC(C)n1cnc2c1C(C(=O)NCc1ccncc1)N(Cc1cccnc1)CC2. The summed E-state index contributed by atoms with van der Waals surface area (Å²) in [7, 11) is 0. The zero-order valence-electron chi connectivity index (χ0n) is 16.8. The number of nitrogens with one attached hydrogen (secondary N) is 1. The van der Waals surface area contributed by atoms with Crippen molar-refractivity contribution in [3.05, 3.63) is 77.9 Å². The molecule has 0 saturated heterocycles. The van der Waals surface area contributed by atoms with Crippen LogP contribution in [0.25, 0.3) is 0 Å². The van der Waals surface area contributed by atoms with Crippen molar-refractivity contribution in [3.8, 4) is 0 Å². The number of imidazole rings is 1. The molecule has 0 aromatic carbocycles. The van der Waals surface area contributed by atoms with E-state index in [-0.39, 0.29) is 18.0 Å². The Labute approximate surface area is 170 Å². The van der Waals surface area contributed by atoms with Crippen LogP contribution in [0.15, 0.2) is 55.4 Å². The molecule has 7 nitrogen and oxygen atoms in total. The van der Waals surface area contributed by atoms with Crippen molar-refractivity contribution in [2.75, 3.05) is 6.54 Å². The van der Waals surface area contributed by atoms with Crippen molar-refractivity contribution in [2.45, 2.75) is 45.4 Å². The van der Waals surface area contributed by atoms with E-state index < -0.39 is 0 Å². The molecule has 4 rings (SSSR count). The number of rotatable bonds is 6. The van der Waals surface area contributed by atoms with Gasteiger partial charge in [0.1, 0.15) is 6.04 Å².